The van der Waals surface area contributed by atoms with Crippen LogP contribution in [0.15, 0.2) is 97.1 Å². The summed E-state index contributed by atoms with van der Waals surface area (Å²) in [6.07, 6.45) is 0. The van der Waals surface area contributed by atoms with Crippen LogP contribution in [0.4, 0.5) is 11.4 Å². The van der Waals surface area contributed by atoms with E-state index in [9.17, 15) is 0 Å². The van der Waals surface area contributed by atoms with Crippen molar-refractivity contribution in [3.8, 4) is 22.3 Å². The Bertz CT molecular complexity index is 1170. The molecule has 0 spiro atoms. The van der Waals surface area contributed by atoms with E-state index in [1.165, 1.54) is 44.8 Å². The molecule has 4 aromatic carbocycles. The van der Waals surface area contributed by atoms with Gasteiger partial charge in [-0.1, -0.05) is 80.6 Å². The average molecular weight is 376 g/mol. The van der Waals surface area contributed by atoms with Gasteiger partial charge in [0.05, 0.1) is 0 Å². The molecule has 0 unspecified atom stereocenters. The number of hydrogen-bond acceptors (Lipinski definition) is 1. The maximum absolute atomic E-state index is 2.38. The predicted molar refractivity (Wildman–Crippen MR) is 124 cm³/mol. The lowest BCUT2D eigenvalue weighted by Crippen LogP contribution is -2.16. The van der Waals surface area contributed by atoms with Gasteiger partial charge in [-0.2, -0.15) is 0 Å². The van der Waals surface area contributed by atoms with Gasteiger partial charge < -0.3 is 4.90 Å². The largest absolute Gasteiger partial charge is 0.345 e. The fourth-order valence-corrected chi connectivity index (χ4v) is 4.54. The summed E-state index contributed by atoms with van der Waals surface area (Å²) in [5.74, 6) is 0. The molecule has 0 aliphatic heterocycles. The maximum atomic E-state index is 2.38. The SMILES string of the molecule is CN(c1ccccc1)c1ccc2c(c1)C(C)(C)c1cc(-c3ccccc3)ccc1-2. The molecule has 0 saturated carbocycles. The highest BCUT2D eigenvalue weighted by atomic mass is 15.1. The van der Waals surface area contributed by atoms with Gasteiger partial charge in [0, 0.05) is 23.8 Å². The lowest BCUT2D eigenvalue weighted by molar-refractivity contribution is 0.660. The normalized spacial score (nSPS) is 13.6. The zero-order valence-electron chi connectivity index (χ0n) is 17.2. The minimum absolute atomic E-state index is 0.0248. The van der Waals surface area contributed by atoms with Crippen molar-refractivity contribution in [1.29, 1.82) is 0 Å². The molecule has 1 heteroatoms. The average Bonchev–Trinajstić information content (AvgIpc) is 3.00. The van der Waals surface area contributed by atoms with Crippen molar-refractivity contribution in [3.05, 3.63) is 108 Å². The summed E-state index contributed by atoms with van der Waals surface area (Å²) in [6, 6.07) is 35.0. The van der Waals surface area contributed by atoms with E-state index in [4.69, 9.17) is 0 Å². The predicted octanol–water partition coefficient (Wildman–Crippen LogP) is 7.43. The van der Waals surface area contributed by atoms with Crippen LogP contribution in [0.5, 0.6) is 0 Å². The van der Waals surface area contributed by atoms with Gasteiger partial charge in [0.1, 0.15) is 0 Å². The second-order valence-corrected chi connectivity index (χ2v) is 8.38. The molecule has 0 fully saturated rings. The molecule has 0 radical (unpaired) electrons. The molecule has 5 rings (SSSR count). The molecular weight excluding hydrogens is 350 g/mol. The van der Waals surface area contributed by atoms with Crippen LogP contribution in [-0.4, -0.2) is 7.05 Å². The van der Waals surface area contributed by atoms with Crippen LogP contribution in [0.2, 0.25) is 0 Å². The van der Waals surface area contributed by atoms with Crippen LogP contribution < -0.4 is 4.90 Å². The number of anilines is 2. The first-order valence-electron chi connectivity index (χ1n) is 10.2. The van der Waals surface area contributed by atoms with Gasteiger partial charge >= 0.3 is 0 Å². The van der Waals surface area contributed by atoms with Gasteiger partial charge in [-0.05, 0) is 63.7 Å². The third kappa shape index (κ3) is 2.86. The fourth-order valence-electron chi connectivity index (χ4n) is 4.54. The summed E-state index contributed by atoms with van der Waals surface area (Å²) < 4.78 is 0. The van der Waals surface area contributed by atoms with Gasteiger partial charge in [-0.25, -0.2) is 0 Å². The first-order valence-corrected chi connectivity index (χ1v) is 10.2. The minimum Gasteiger partial charge on any atom is -0.345 e. The van der Waals surface area contributed by atoms with Crippen molar-refractivity contribution < 1.29 is 0 Å². The smallest absolute Gasteiger partial charge is 0.0411 e. The van der Waals surface area contributed by atoms with Crippen LogP contribution in [0.1, 0.15) is 25.0 Å². The van der Waals surface area contributed by atoms with Crippen LogP contribution >= 0.6 is 0 Å². The molecule has 0 aromatic heterocycles. The van der Waals surface area contributed by atoms with Crippen LogP contribution in [-0.2, 0) is 5.41 Å². The zero-order valence-corrected chi connectivity index (χ0v) is 17.2. The number of fused-ring (bicyclic) bond motifs is 3. The van der Waals surface area contributed by atoms with Gasteiger partial charge in [-0.3, -0.25) is 0 Å². The molecular formula is C28H25N. The Labute approximate surface area is 173 Å². The second-order valence-electron chi connectivity index (χ2n) is 8.38. The van der Waals surface area contributed by atoms with Crippen molar-refractivity contribution in [2.75, 3.05) is 11.9 Å². The number of para-hydroxylation sites is 1. The van der Waals surface area contributed by atoms with Crippen molar-refractivity contribution in [3.63, 3.8) is 0 Å². The molecule has 0 bridgehead atoms. The van der Waals surface area contributed by atoms with Crippen molar-refractivity contribution in [2.24, 2.45) is 0 Å². The lowest BCUT2D eigenvalue weighted by atomic mass is 9.81. The molecule has 0 N–H and O–H groups in total. The Morgan fingerprint density at radius 3 is 1.83 bits per heavy atom. The Morgan fingerprint density at radius 2 is 1.14 bits per heavy atom. The van der Waals surface area contributed by atoms with Crippen molar-refractivity contribution in [1.82, 2.24) is 0 Å². The van der Waals surface area contributed by atoms with E-state index < -0.39 is 0 Å². The zero-order chi connectivity index (χ0) is 20.0. The quantitative estimate of drug-likeness (QED) is 0.360. The number of rotatable bonds is 3. The van der Waals surface area contributed by atoms with Crippen LogP contribution in [0, 0.1) is 0 Å². The van der Waals surface area contributed by atoms with Crippen LogP contribution in [0.3, 0.4) is 0 Å². The highest BCUT2D eigenvalue weighted by Gasteiger charge is 2.36. The summed E-state index contributed by atoms with van der Waals surface area (Å²) in [4.78, 5) is 2.26. The van der Waals surface area contributed by atoms with E-state index in [1.54, 1.807) is 0 Å². The van der Waals surface area contributed by atoms with E-state index in [2.05, 4.69) is 123 Å². The second kappa shape index (κ2) is 6.63. The Hall–Kier alpha value is -3.32. The van der Waals surface area contributed by atoms with Crippen LogP contribution in [0.25, 0.3) is 22.3 Å². The topological polar surface area (TPSA) is 3.24 Å². The van der Waals surface area contributed by atoms with E-state index in [-0.39, 0.29) is 5.41 Å². The van der Waals surface area contributed by atoms with E-state index in [0.717, 1.165) is 0 Å². The molecule has 1 aliphatic rings. The molecule has 0 heterocycles. The minimum atomic E-state index is -0.0248. The number of hydrogen-bond donors (Lipinski definition) is 0. The van der Waals surface area contributed by atoms with Gasteiger partial charge in [0.15, 0.2) is 0 Å². The Balaban J connectivity index is 1.59. The Morgan fingerprint density at radius 1 is 0.552 bits per heavy atom. The molecule has 142 valence electrons. The summed E-state index contributed by atoms with van der Waals surface area (Å²) >= 11 is 0. The highest BCUT2D eigenvalue weighted by Crippen LogP contribution is 2.50. The fraction of sp³-hybridized carbons (Fsp3) is 0.143. The Kier molecular flexibility index (Phi) is 4.06. The van der Waals surface area contributed by atoms with E-state index in [1.807, 2.05) is 0 Å². The standard InChI is InChI=1S/C28H25N/c1-28(2)26-18-21(20-10-6-4-7-11-20)14-16-24(26)25-17-15-23(19-27(25)28)29(3)22-12-8-5-9-13-22/h4-19H,1-3H3. The third-order valence-corrected chi connectivity index (χ3v) is 6.30. The van der Waals surface area contributed by atoms with Crippen molar-refractivity contribution in [2.45, 2.75) is 19.3 Å². The van der Waals surface area contributed by atoms with Gasteiger partial charge in [0.25, 0.3) is 0 Å². The molecule has 29 heavy (non-hydrogen) atoms. The van der Waals surface area contributed by atoms with Gasteiger partial charge in [0.2, 0.25) is 0 Å². The first-order chi connectivity index (χ1) is 14.1. The number of benzene rings is 4. The monoisotopic (exact) mass is 375 g/mol. The highest BCUT2D eigenvalue weighted by molar-refractivity contribution is 5.85. The first kappa shape index (κ1) is 17.8. The van der Waals surface area contributed by atoms with Gasteiger partial charge in [-0.15, -0.1) is 0 Å². The summed E-state index contributed by atoms with van der Waals surface area (Å²) in [5, 5.41) is 0. The molecule has 1 aliphatic carbocycles. The molecule has 4 aromatic rings. The molecule has 1 nitrogen and oxygen atoms in total. The number of nitrogens with zero attached hydrogens (tertiary/aromatic N) is 1. The summed E-state index contributed by atoms with van der Waals surface area (Å²) in [6.45, 7) is 4.69. The van der Waals surface area contributed by atoms with E-state index >= 15 is 0 Å². The van der Waals surface area contributed by atoms with Crippen molar-refractivity contribution >= 4 is 11.4 Å². The third-order valence-electron chi connectivity index (χ3n) is 6.30. The molecule has 0 atom stereocenters. The molecule has 0 amide bonds. The maximum Gasteiger partial charge on any atom is 0.0411 e. The summed E-state index contributed by atoms with van der Waals surface area (Å²) in [7, 11) is 2.14. The summed E-state index contributed by atoms with van der Waals surface area (Å²) in [5.41, 5.74) is 10.5. The lowest BCUT2D eigenvalue weighted by Gasteiger charge is -2.25. The van der Waals surface area contributed by atoms with E-state index in [0.29, 0.717) is 0 Å². The molecule has 0 saturated heterocycles.